The number of hydrogen-bond acceptors (Lipinski definition) is 3. The van der Waals surface area contributed by atoms with Crippen molar-refractivity contribution < 1.29 is 30.0 Å². The molecule has 3 heterocycles. The van der Waals surface area contributed by atoms with Gasteiger partial charge in [-0.05, 0) is 45.2 Å². The van der Waals surface area contributed by atoms with Gasteiger partial charge in [0.2, 0.25) is 0 Å². The fourth-order valence-corrected chi connectivity index (χ4v) is 10.2. The summed E-state index contributed by atoms with van der Waals surface area (Å²) < 4.78 is 39.8. The summed E-state index contributed by atoms with van der Waals surface area (Å²) in [6.45, 7) is 8.38. The van der Waals surface area contributed by atoms with E-state index in [2.05, 4.69) is 175 Å². The summed E-state index contributed by atoms with van der Waals surface area (Å²) in [6, 6.07) is 62.0. The van der Waals surface area contributed by atoms with Crippen molar-refractivity contribution in [3.63, 3.8) is 0 Å². The summed E-state index contributed by atoms with van der Waals surface area (Å²) in [5.74, 6) is 0.0880. The second kappa shape index (κ2) is 17.0. The number of hydrogen-bond donors (Lipinski definition) is 0. The predicted octanol–water partition coefficient (Wildman–Crippen LogP) is 14.9. The van der Waals surface area contributed by atoms with Crippen molar-refractivity contribution in [2.24, 2.45) is 0 Å². The Hall–Kier alpha value is -6.43. The second-order valence-corrected chi connectivity index (χ2v) is 22.1. The summed E-state index contributed by atoms with van der Waals surface area (Å²) in [5, 5.41) is 7.88. The molecule has 0 fully saturated rings. The summed E-state index contributed by atoms with van der Waals surface area (Å²) in [7, 11) is -1.61. The van der Waals surface area contributed by atoms with Gasteiger partial charge in [0.05, 0.1) is 30.5 Å². The van der Waals surface area contributed by atoms with Crippen LogP contribution in [0.5, 0.6) is 0 Å². The Labute approximate surface area is 389 Å². The predicted molar refractivity (Wildman–Crippen MR) is 263 cm³/mol. The standard InChI is InChI=1S/C39H23N2O.C18H24NSi.Ir/c1-2-11-25(12-3-1)28-15-8-9-20-34(28)41-35-24-22-26-13-4-6-16-29(26)36(35)40-39(41)33-19-10-18-31-32-23-21-27-14-5-7-17-30(27)37(32)42-38(31)33;1-13(2)16-11-17(15-9-7-14(3)8-10-15)19-12-18(16)20(4,5)6;/h1-18,20-24H;7-9,11-13H,1-6H3;/q2*-1;/i;3D3,13D;. The number of imidazole rings is 1. The average molecular weight is 1010 g/mol. The molecule has 0 spiro atoms. The molecule has 0 unspecified atom stereocenters. The van der Waals surface area contributed by atoms with Crippen molar-refractivity contribution in [2.75, 3.05) is 0 Å². The van der Waals surface area contributed by atoms with Crippen molar-refractivity contribution in [2.45, 2.75) is 46.2 Å². The van der Waals surface area contributed by atoms with E-state index in [9.17, 15) is 0 Å². The van der Waals surface area contributed by atoms with Gasteiger partial charge in [0, 0.05) is 59.2 Å². The maximum absolute atomic E-state index is 8.48. The number of aryl methyl sites for hydroxylation is 1. The van der Waals surface area contributed by atoms with Crippen molar-refractivity contribution in [3.05, 3.63) is 193 Å². The van der Waals surface area contributed by atoms with Crippen LogP contribution in [0.3, 0.4) is 0 Å². The molecule has 0 N–H and O–H groups in total. The number of furan rings is 1. The number of benzene rings is 8. The number of para-hydroxylation sites is 1. The Morgan fingerprint density at radius 2 is 1.40 bits per heavy atom. The molecule has 0 saturated heterocycles. The first kappa shape index (κ1) is 37.1. The van der Waals surface area contributed by atoms with Gasteiger partial charge in [-0.2, -0.15) is 0 Å². The second-order valence-electron chi connectivity index (χ2n) is 17.0. The average Bonchev–Trinajstić information content (AvgIpc) is 3.91. The van der Waals surface area contributed by atoms with Crippen molar-refractivity contribution in [1.82, 2.24) is 14.5 Å². The maximum atomic E-state index is 8.48. The van der Waals surface area contributed by atoms with Crippen LogP contribution >= 0.6 is 0 Å². The quantitative estimate of drug-likeness (QED) is 0.123. The van der Waals surface area contributed by atoms with E-state index in [0.29, 0.717) is 0 Å². The minimum Gasteiger partial charge on any atom is -0.500 e. The first-order chi connectivity index (χ1) is 31.6. The van der Waals surface area contributed by atoms with Gasteiger partial charge >= 0.3 is 0 Å². The van der Waals surface area contributed by atoms with E-state index >= 15 is 0 Å². The molecule has 311 valence electrons. The van der Waals surface area contributed by atoms with Gasteiger partial charge in [0.25, 0.3) is 0 Å². The Morgan fingerprint density at radius 3 is 2.14 bits per heavy atom. The van der Waals surface area contributed by atoms with Crippen LogP contribution in [0.25, 0.3) is 94.0 Å². The smallest absolute Gasteiger partial charge is 0.128 e. The van der Waals surface area contributed by atoms with E-state index in [4.69, 9.17) is 14.9 Å². The minimum absolute atomic E-state index is 0. The van der Waals surface area contributed by atoms with Gasteiger partial charge in [-0.15, -0.1) is 53.6 Å². The molecule has 3 aromatic heterocycles. The first-order valence-corrected chi connectivity index (χ1v) is 24.5. The number of rotatable bonds is 6. The van der Waals surface area contributed by atoms with Crippen LogP contribution < -0.4 is 5.19 Å². The van der Waals surface area contributed by atoms with Gasteiger partial charge in [0.1, 0.15) is 5.58 Å². The van der Waals surface area contributed by atoms with Crippen LogP contribution in [0.1, 0.15) is 36.4 Å². The number of aromatic nitrogens is 3. The molecular formula is C57H47IrN3OSi-2. The van der Waals surface area contributed by atoms with Crippen LogP contribution in [0, 0.1) is 19.0 Å². The molecule has 1 radical (unpaired) electrons. The SMILES string of the molecule is [2H]C([2H])([2H])c1c[c-]c(-c2cc(C([2H])(C)C)c([Si](C)(C)C)cn2)cc1.[Ir].[c-]1ccc2c(oc3c4ccccc4ccc23)c1-c1nc2c3ccccc3ccc2n1-c1ccccc1-c1ccccc1. The summed E-state index contributed by atoms with van der Waals surface area (Å²) in [5.41, 5.74) is 10.6. The van der Waals surface area contributed by atoms with Crippen LogP contribution in [0.2, 0.25) is 19.6 Å². The molecule has 0 aliphatic carbocycles. The van der Waals surface area contributed by atoms with E-state index in [-0.39, 0.29) is 25.7 Å². The number of fused-ring (bicyclic) bond motifs is 8. The van der Waals surface area contributed by atoms with E-state index in [1.165, 1.54) is 11.3 Å². The Bertz CT molecular complexity index is 3610. The third-order valence-corrected chi connectivity index (χ3v) is 13.7. The Morgan fingerprint density at radius 1 is 0.698 bits per heavy atom. The summed E-state index contributed by atoms with van der Waals surface area (Å²) in [6.07, 6.45) is 1.89. The first-order valence-electron chi connectivity index (χ1n) is 23.0. The van der Waals surface area contributed by atoms with E-state index in [0.717, 1.165) is 99.5 Å². The molecule has 8 aromatic carbocycles. The molecule has 0 amide bonds. The third-order valence-electron chi connectivity index (χ3n) is 11.7. The van der Waals surface area contributed by atoms with E-state index < -0.39 is 20.8 Å². The van der Waals surface area contributed by atoms with Gasteiger partial charge in [0.15, 0.2) is 0 Å². The third kappa shape index (κ3) is 7.74. The Balaban J connectivity index is 0.000000194. The molecule has 63 heavy (non-hydrogen) atoms. The number of nitrogens with zero attached hydrogens (tertiary/aromatic N) is 3. The van der Waals surface area contributed by atoms with Crippen LogP contribution in [-0.2, 0) is 20.1 Å². The molecule has 11 rings (SSSR count). The molecule has 0 saturated carbocycles. The van der Waals surface area contributed by atoms with Crippen LogP contribution in [-0.4, -0.2) is 22.6 Å². The molecule has 0 aliphatic rings. The topological polar surface area (TPSA) is 43.9 Å². The van der Waals surface area contributed by atoms with E-state index in [1.807, 2.05) is 32.2 Å². The largest absolute Gasteiger partial charge is 0.500 e. The van der Waals surface area contributed by atoms with Crippen LogP contribution in [0.15, 0.2) is 174 Å². The van der Waals surface area contributed by atoms with Gasteiger partial charge in [-0.1, -0.05) is 178 Å². The monoisotopic (exact) mass is 1010 g/mol. The van der Waals surface area contributed by atoms with Gasteiger partial charge in [-0.3, -0.25) is 4.98 Å². The molecule has 0 bridgehead atoms. The molecule has 11 aromatic rings. The van der Waals surface area contributed by atoms with Crippen LogP contribution in [0.4, 0.5) is 0 Å². The summed E-state index contributed by atoms with van der Waals surface area (Å²) in [4.78, 5) is 9.94. The zero-order chi connectivity index (χ0) is 46.0. The van der Waals surface area contributed by atoms with Crippen molar-refractivity contribution in [3.8, 4) is 39.5 Å². The van der Waals surface area contributed by atoms with Crippen molar-refractivity contribution in [1.29, 1.82) is 0 Å². The molecular weight excluding hydrogens is 963 g/mol. The number of pyridine rings is 1. The minimum atomic E-state index is -2.13. The van der Waals surface area contributed by atoms with Gasteiger partial charge in [-0.25, -0.2) is 0 Å². The maximum Gasteiger partial charge on any atom is 0.128 e. The van der Waals surface area contributed by atoms with Crippen molar-refractivity contribution >= 4 is 67.8 Å². The van der Waals surface area contributed by atoms with E-state index in [1.54, 1.807) is 12.1 Å². The zero-order valence-corrected chi connectivity index (χ0v) is 39.1. The Kier molecular flexibility index (Phi) is 10.0. The molecule has 4 nitrogen and oxygen atoms in total. The summed E-state index contributed by atoms with van der Waals surface area (Å²) >= 11 is 0. The fraction of sp³-hybridized carbons (Fsp3) is 0.123. The normalized spacial score (nSPS) is 13.0. The molecule has 0 aliphatic heterocycles. The van der Waals surface area contributed by atoms with Gasteiger partial charge < -0.3 is 14.0 Å². The molecule has 0 atom stereocenters. The molecule has 6 heteroatoms. The zero-order valence-electron chi connectivity index (χ0n) is 39.7. The fourth-order valence-electron chi connectivity index (χ4n) is 8.59.